The highest BCUT2D eigenvalue weighted by molar-refractivity contribution is 7.14. The molecule has 0 saturated carbocycles. The molecule has 0 aliphatic rings. The van der Waals surface area contributed by atoms with E-state index in [0.717, 1.165) is 17.8 Å². The molecule has 26 heavy (non-hydrogen) atoms. The van der Waals surface area contributed by atoms with Gasteiger partial charge in [-0.25, -0.2) is 4.98 Å². The number of nitrogens with one attached hydrogen (secondary N) is 1. The number of benzene rings is 1. The molecule has 2 aromatic heterocycles. The molecule has 2 heterocycles. The molecule has 10 heteroatoms. The van der Waals surface area contributed by atoms with Crippen LogP contribution in [0.3, 0.4) is 0 Å². The summed E-state index contributed by atoms with van der Waals surface area (Å²) >= 11 is 7.27. The molecule has 0 aliphatic carbocycles. The van der Waals surface area contributed by atoms with E-state index in [2.05, 4.69) is 20.5 Å². The molecule has 5 nitrogen and oxygen atoms in total. The van der Waals surface area contributed by atoms with Crippen LogP contribution in [0.25, 0.3) is 11.3 Å². The Morgan fingerprint density at radius 3 is 2.54 bits per heavy atom. The molecule has 0 spiro atoms. The molecule has 0 bridgehead atoms. The third-order valence-corrected chi connectivity index (χ3v) is 4.30. The van der Waals surface area contributed by atoms with E-state index in [1.165, 1.54) is 11.3 Å². The first-order chi connectivity index (χ1) is 12.3. The summed E-state index contributed by atoms with van der Waals surface area (Å²) in [6.45, 7) is 0. The number of nitrogen functional groups attached to an aromatic ring is 1. The van der Waals surface area contributed by atoms with Gasteiger partial charge in [-0.3, -0.25) is 10.4 Å². The zero-order valence-electron chi connectivity index (χ0n) is 13.0. The van der Waals surface area contributed by atoms with Crippen molar-refractivity contribution in [1.29, 1.82) is 0 Å². The van der Waals surface area contributed by atoms with Crippen LogP contribution in [0, 0.1) is 0 Å². The largest absolute Gasteiger partial charge is 0.417 e. The number of aromatic nitrogens is 2. The van der Waals surface area contributed by atoms with Crippen molar-refractivity contribution in [3.8, 4) is 11.3 Å². The van der Waals surface area contributed by atoms with Gasteiger partial charge in [-0.15, -0.1) is 11.3 Å². The number of pyridine rings is 1. The normalized spacial score (nSPS) is 11.8. The topological polar surface area (TPSA) is 76.2 Å². The van der Waals surface area contributed by atoms with Gasteiger partial charge in [0.2, 0.25) is 5.13 Å². The second-order valence-electron chi connectivity index (χ2n) is 5.12. The summed E-state index contributed by atoms with van der Waals surface area (Å²) in [6, 6.07) is 7.75. The number of hydrogen-bond acceptors (Lipinski definition) is 6. The first-order valence-corrected chi connectivity index (χ1v) is 8.42. The smallest absolute Gasteiger partial charge is 0.383 e. The Morgan fingerprint density at radius 2 is 1.96 bits per heavy atom. The SMILES string of the molecule is Nc1csc(NN=Cc2ccc(-c3ncc(C(F)(F)F)cc3Cl)cc2)n1. The number of anilines is 2. The Labute approximate surface area is 155 Å². The van der Waals surface area contributed by atoms with E-state index < -0.39 is 11.7 Å². The van der Waals surface area contributed by atoms with Crippen LogP contribution in [-0.4, -0.2) is 16.2 Å². The minimum absolute atomic E-state index is 0.0655. The van der Waals surface area contributed by atoms with Crippen LogP contribution in [0.2, 0.25) is 5.02 Å². The van der Waals surface area contributed by atoms with E-state index in [1.807, 2.05) is 0 Å². The fourth-order valence-corrected chi connectivity index (χ4v) is 2.86. The number of thiazole rings is 1. The van der Waals surface area contributed by atoms with Crippen LogP contribution in [0.4, 0.5) is 24.1 Å². The monoisotopic (exact) mass is 397 g/mol. The second-order valence-corrected chi connectivity index (χ2v) is 6.39. The average molecular weight is 398 g/mol. The summed E-state index contributed by atoms with van der Waals surface area (Å²) in [5.74, 6) is 0.415. The first kappa shape index (κ1) is 18.2. The lowest BCUT2D eigenvalue weighted by Gasteiger charge is -2.09. The Hall–Kier alpha value is -2.65. The molecule has 134 valence electrons. The molecular weight excluding hydrogens is 387 g/mol. The van der Waals surface area contributed by atoms with Crippen molar-refractivity contribution >= 4 is 40.1 Å². The van der Waals surface area contributed by atoms with Crippen LogP contribution >= 0.6 is 22.9 Å². The Morgan fingerprint density at radius 1 is 1.23 bits per heavy atom. The molecule has 3 N–H and O–H groups in total. The molecular formula is C16H11ClF3N5S. The summed E-state index contributed by atoms with van der Waals surface area (Å²) in [5, 5.41) is 6.22. The van der Waals surface area contributed by atoms with Crippen molar-refractivity contribution in [2.24, 2.45) is 5.10 Å². The van der Waals surface area contributed by atoms with E-state index >= 15 is 0 Å². The number of rotatable bonds is 4. The maximum atomic E-state index is 12.7. The lowest BCUT2D eigenvalue weighted by Crippen LogP contribution is -2.05. The first-order valence-electron chi connectivity index (χ1n) is 7.16. The predicted octanol–water partition coefficient (Wildman–Crippen LogP) is 4.91. The summed E-state index contributed by atoms with van der Waals surface area (Å²) in [7, 11) is 0. The van der Waals surface area contributed by atoms with Gasteiger partial charge in [-0.1, -0.05) is 35.9 Å². The summed E-state index contributed by atoms with van der Waals surface area (Å²) in [5.41, 5.74) is 9.02. The van der Waals surface area contributed by atoms with Gasteiger partial charge in [-0.05, 0) is 11.6 Å². The minimum atomic E-state index is -4.48. The molecule has 1 aromatic carbocycles. The van der Waals surface area contributed by atoms with E-state index in [0.29, 0.717) is 16.5 Å². The van der Waals surface area contributed by atoms with Crippen molar-refractivity contribution in [3.63, 3.8) is 0 Å². The number of nitrogens with two attached hydrogens (primary N) is 1. The molecule has 3 aromatic rings. The highest BCUT2D eigenvalue weighted by Gasteiger charge is 2.31. The average Bonchev–Trinajstić information content (AvgIpc) is 3.00. The summed E-state index contributed by atoms with van der Waals surface area (Å²) < 4.78 is 38.0. The number of halogens is 4. The quantitative estimate of drug-likeness (QED) is 0.484. The van der Waals surface area contributed by atoms with Crippen LogP contribution < -0.4 is 11.2 Å². The van der Waals surface area contributed by atoms with Gasteiger partial charge < -0.3 is 5.73 Å². The zero-order valence-corrected chi connectivity index (χ0v) is 14.5. The molecule has 0 fully saturated rings. The fraction of sp³-hybridized carbons (Fsp3) is 0.0625. The van der Waals surface area contributed by atoms with Gasteiger partial charge in [0, 0.05) is 17.1 Å². The molecule has 0 atom stereocenters. The predicted molar refractivity (Wildman–Crippen MR) is 97.4 cm³/mol. The van der Waals surface area contributed by atoms with Gasteiger partial charge >= 0.3 is 6.18 Å². The maximum absolute atomic E-state index is 12.7. The lowest BCUT2D eigenvalue weighted by molar-refractivity contribution is -0.137. The standard InChI is InChI=1S/C16H11ClF3N5S/c17-12-5-11(16(18,19)20)7-22-14(12)10-3-1-9(2-4-10)6-23-25-15-24-13(21)8-26-15/h1-8H,21H2,(H,24,25). The Balaban J connectivity index is 1.73. The van der Waals surface area contributed by atoms with Crippen LogP contribution in [0.1, 0.15) is 11.1 Å². The third kappa shape index (κ3) is 4.30. The highest BCUT2D eigenvalue weighted by Crippen LogP contribution is 2.33. The van der Waals surface area contributed by atoms with Crippen molar-refractivity contribution in [2.45, 2.75) is 6.18 Å². The van der Waals surface area contributed by atoms with E-state index in [9.17, 15) is 13.2 Å². The van der Waals surface area contributed by atoms with Gasteiger partial charge in [0.15, 0.2) is 0 Å². The lowest BCUT2D eigenvalue weighted by atomic mass is 10.1. The molecule has 0 unspecified atom stereocenters. The van der Waals surface area contributed by atoms with Crippen molar-refractivity contribution in [1.82, 2.24) is 9.97 Å². The number of hydrazone groups is 1. The van der Waals surface area contributed by atoms with Gasteiger partial charge in [0.25, 0.3) is 0 Å². The zero-order chi connectivity index (χ0) is 18.7. The van der Waals surface area contributed by atoms with Crippen molar-refractivity contribution in [2.75, 3.05) is 11.2 Å². The van der Waals surface area contributed by atoms with Crippen molar-refractivity contribution < 1.29 is 13.2 Å². The number of nitrogens with zero attached hydrogens (tertiary/aromatic N) is 3. The Bertz CT molecular complexity index is 938. The molecule has 3 rings (SSSR count). The number of hydrogen-bond donors (Lipinski definition) is 2. The van der Waals surface area contributed by atoms with Gasteiger partial charge in [0.05, 0.1) is 22.5 Å². The van der Waals surface area contributed by atoms with Gasteiger partial charge in [0.1, 0.15) is 5.82 Å². The highest BCUT2D eigenvalue weighted by atomic mass is 35.5. The minimum Gasteiger partial charge on any atom is -0.383 e. The third-order valence-electron chi connectivity index (χ3n) is 3.25. The summed E-state index contributed by atoms with van der Waals surface area (Å²) in [4.78, 5) is 7.83. The fourth-order valence-electron chi connectivity index (χ4n) is 2.03. The van der Waals surface area contributed by atoms with Crippen LogP contribution in [0.5, 0.6) is 0 Å². The number of alkyl halides is 3. The van der Waals surface area contributed by atoms with Crippen molar-refractivity contribution in [3.05, 3.63) is 58.1 Å². The van der Waals surface area contributed by atoms with Crippen LogP contribution in [0.15, 0.2) is 47.0 Å². The van der Waals surface area contributed by atoms with Crippen LogP contribution in [-0.2, 0) is 6.18 Å². The molecule has 0 radical (unpaired) electrons. The van der Waals surface area contributed by atoms with E-state index in [-0.39, 0.29) is 10.7 Å². The molecule has 0 aliphatic heterocycles. The second kappa shape index (κ2) is 7.30. The summed E-state index contributed by atoms with van der Waals surface area (Å²) in [6.07, 6.45) is -2.14. The van der Waals surface area contributed by atoms with E-state index in [4.69, 9.17) is 17.3 Å². The van der Waals surface area contributed by atoms with Gasteiger partial charge in [-0.2, -0.15) is 18.3 Å². The maximum Gasteiger partial charge on any atom is 0.417 e. The van der Waals surface area contributed by atoms with E-state index in [1.54, 1.807) is 35.9 Å². The Kier molecular flexibility index (Phi) is 5.10. The molecule has 0 amide bonds. The molecule has 0 saturated heterocycles.